The minimum Gasteiger partial charge on any atom is -0.378 e. The smallest absolute Gasteiger partial charge is 0.255 e. The fourth-order valence-corrected chi connectivity index (χ4v) is 3.97. The number of anilines is 5. The van der Waals surface area contributed by atoms with E-state index in [2.05, 4.69) is 47.3 Å². The van der Waals surface area contributed by atoms with Crippen molar-refractivity contribution >= 4 is 29.1 Å². The van der Waals surface area contributed by atoms with E-state index in [0.29, 0.717) is 11.9 Å². The lowest BCUT2D eigenvalue weighted by Gasteiger charge is -2.28. The van der Waals surface area contributed by atoms with Gasteiger partial charge in [0.1, 0.15) is 5.82 Å². The summed E-state index contributed by atoms with van der Waals surface area (Å²) in [5.74, 6) is 1.96. The van der Waals surface area contributed by atoms with Gasteiger partial charge in [-0.3, -0.25) is 0 Å². The average molecular weight is 422 g/mol. The number of hydrogen-bond donors (Lipinski definition) is 2. The Labute approximate surface area is 181 Å². The average Bonchev–Trinajstić information content (AvgIpc) is 3.20. The number of nitrogens with zero attached hydrogens (tertiary/aromatic N) is 7. The van der Waals surface area contributed by atoms with Crippen LogP contribution in [-0.4, -0.2) is 64.1 Å². The number of rotatable bonds is 5. The molecule has 31 heavy (non-hydrogen) atoms. The highest BCUT2D eigenvalue weighted by molar-refractivity contribution is 5.60. The molecule has 0 bridgehead atoms. The maximum Gasteiger partial charge on any atom is 0.255 e. The van der Waals surface area contributed by atoms with Crippen molar-refractivity contribution in [1.82, 2.24) is 24.7 Å². The first kappa shape index (κ1) is 19.6. The van der Waals surface area contributed by atoms with Crippen molar-refractivity contribution in [2.75, 3.05) is 60.2 Å². The van der Waals surface area contributed by atoms with Gasteiger partial charge in [-0.1, -0.05) is 0 Å². The zero-order valence-corrected chi connectivity index (χ0v) is 17.4. The lowest BCUT2D eigenvalue weighted by molar-refractivity contribution is 0.122. The Hall–Kier alpha value is -3.40. The van der Waals surface area contributed by atoms with E-state index in [9.17, 15) is 0 Å². The quantitative estimate of drug-likeness (QED) is 0.640. The first-order valence-corrected chi connectivity index (χ1v) is 10.8. The van der Waals surface area contributed by atoms with Crippen LogP contribution in [0.25, 0.3) is 5.95 Å². The van der Waals surface area contributed by atoms with E-state index in [1.54, 1.807) is 6.20 Å². The van der Waals surface area contributed by atoms with Crippen LogP contribution in [0, 0.1) is 0 Å². The normalized spacial score (nSPS) is 17.0. The molecule has 2 saturated heterocycles. The van der Waals surface area contributed by atoms with Crippen molar-refractivity contribution in [3.63, 3.8) is 0 Å². The first-order valence-electron chi connectivity index (χ1n) is 10.8. The van der Waals surface area contributed by atoms with Crippen LogP contribution in [0.2, 0.25) is 0 Å². The molecule has 2 fully saturated rings. The Morgan fingerprint density at radius 1 is 0.871 bits per heavy atom. The monoisotopic (exact) mass is 421 g/mol. The molecule has 1 aromatic carbocycles. The molecule has 0 atom stereocenters. The molecule has 0 aliphatic carbocycles. The van der Waals surface area contributed by atoms with Crippen molar-refractivity contribution in [2.24, 2.45) is 0 Å². The topological polar surface area (TPSA) is 110 Å². The van der Waals surface area contributed by atoms with E-state index in [-0.39, 0.29) is 5.95 Å². The molecular weight excluding hydrogens is 394 g/mol. The van der Waals surface area contributed by atoms with Gasteiger partial charge in [0.15, 0.2) is 0 Å². The van der Waals surface area contributed by atoms with Crippen molar-refractivity contribution in [2.45, 2.75) is 19.3 Å². The molecule has 0 saturated carbocycles. The summed E-state index contributed by atoms with van der Waals surface area (Å²) < 4.78 is 6.89. The number of morpholine rings is 1. The van der Waals surface area contributed by atoms with Gasteiger partial charge in [-0.25, -0.2) is 4.98 Å². The second-order valence-electron chi connectivity index (χ2n) is 7.74. The third-order valence-electron chi connectivity index (χ3n) is 5.63. The minimum absolute atomic E-state index is 0.239. The van der Waals surface area contributed by atoms with Gasteiger partial charge >= 0.3 is 0 Å². The molecule has 162 valence electrons. The Bertz CT molecular complexity index is 1010. The standard InChI is InChI=1S/C21H27N9O/c22-19-26-20(24-16-4-6-17(7-5-16)28-12-14-31-15-13-28)27-30(19)21-23-9-8-18(25-21)29-10-2-1-3-11-29/h4-9H,1-3,10-15H2,(H3,22,24,26,27). The summed E-state index contributed by atoms with van der Waals surface area (Å²) in [5, 5.41) is 7.68. The van der Waals surface area contributed by atoms with Gasteiger partial charge in [-0.05, 0) is 49.6 Å². The third-order valence-corrected chi connectivity index (χ3v) is 5.63. The first-order chi connectivity index (χ1) is 15.3. The second kappa shape index (κ2) is 8.76. The van der Waals surface area contributed by atoms with Gasteiger partial charge in [-0.2, -0.15) is 14.6 Å². The summed E-state index contributed by atoms with van der Waals surface area (Å²) in [7, 11) is 0. The SMILES string of the molecule is Nc1nc(Nc2ccc(N3CCOCC3)cc2)nn1-c1nccc(N2CCCCC2)n1. The Morgan fingerprint density at radius 3 is 2.42 bits per heavy atom. The molecule has 0 unspecified atom stereocenters. The van der Waals surface area contributed by atoms with Crippen LogP contribution in [0.5, 0.6) is 0 Å². The number of hydrogen-bond acceptors (Lipinski definition) is 9. The molecule has 0 spiro atoms. The molecule has 10 heteroatoms. The molecule has 2 aromatic heterocycles. The highest BCUT2D eigenvalue weighted by atomic mass is 16.5. The van der Waals surface area contributed by atoms with Gasteiger partial charge in [0.25, 0.3) is 5.95 Å². The highest BCUT2D eigenvalue weighted by Gasteiger charge is 2.16. The van der Waals surface area contributed by atoms with Crippen LogP contribution in [-0.2, 0) is 4.74 Å². The lowest BCUT2D eigenvalue weighted by Crippen LogP contribution is -2.36. The molecule has 10 nitrogen and oxygen atoms in total. The van der Waals surface area contributed by atoms with Crippen molar-refractivity contribution in [1.29, 1.82) is 0 Å². The highest BCUT2D eigenvalue weighted by Crippen LogP contribution is 2.22. The molecule has 3 N–H and O–H groups in total. The molecule has 0 amide bonds. The molecule has 4 heterocycles. The molecule has 2 aliphatic rings. The van der Waals surface area contributed by atoms with E-state index < -0.39 is 0 Å². The number of nitrogens with one attached hydrogen (secondary N) is 1. The molecule has 5 rings (SSSR count). The van der Waals surface area contributed by atoms with Gasteiger partial charge in [0.2, 0.25) is 11.9 Å². The summed E-state index contributed by atoms with van der Waals surface area (Å²) in [6, 6.07) is 10.1. The fraction of sp³-hybridized carbons (Fsp3) is 0.429. The van der Waals surface area contributed by atoms with E-state index in [1.807, 2.05) is 18.2 Å². The predicted molar refractivity (Wildman–Crippen MR) is 120 cm³/mol. The summed E-state index contributed by atoms with van der Waals surface area (Å²) in [4.78, 5) is 17.9. The van der Waals surface area contributed by atoms with Crippen molar-refractivity contribution < 1.29 is 4.74 Å². The van der Waals surface area contributed by atoms with E-state index in [0.717, 1.165) is 50.9 Å². The summed E-state index contributed by atoms with van der Waals surface area (Å²) in [5.41, 5.74) is 8.18. The number of ether oxygens (including phenoxy) is 1. The Kier molecular flexibility index (Phi) is 5.53. The minimum atomic E-state index is 0.239. The largest absolute Gasteiger partial charge is 0.378 e. The van der Waals surface area contributed by atoms with Crippen LogP contribution in [0.1, 0.15) is 19.3 Å². The van der Waals surface area contributed by atoms with Crippen LogP contribution >= 0.6 is 0 Å². The van der Waals surface area contributed by atoms with Gasteiger partial charge in [0.05, 0.1) is 13.2 Å². The van der Waals surface area contributed by atoms with Crippen molar-refractivity contribution in [3.8, 4) is 5.95 Å². The van der Waals surface area contributed by atoms with E-state index in [4.69, 9.17) is 10.5 Å². The maximum atomic E-state index is 6.11. The van der Waals surface area contributed by atoms with Gasteiger partial charge in [-0.15, -0.1) is 5.10 Å². The van der Waals surface area contributed by atoms with E-state index >= 15 is 0 Å². The van der Waals surface area contributed by atoms with Gasteiger partial charge in [0, 0.05) is 43.8 Å². The third kappa shape index (κ3) is 4.38. The summed E-state index contributed by atoms with van der Waals surface area (Å²) >= 11 is 0. The number of aromatic nitrogens is 5. The maximum absolute atomic E-state index is 6.11. The summed E-state index contributed by atoms with van der Waals surface area (Å²) in [6.45, 7) is 5.37. The summed E-state index contributed by atoms with van der Waals surface area (Å²) in [6.07, 6.45) is 5.38. The number of benzene rings is 1. The van der Waals surface area contributed by atoms with Gasteiger partial charge < -0.3 is 25.6 Å². The zero-order valence-electron chi connectivity index (χ0n) is 17.4. The van der Waals surface area contributed by atoms with E-state index in [1.165, 1.54) is 29.6 Å². The van der Waals surface area contributed by atoms with Crippen LogP contribution < -0.4 is 20.9 Å². The number of nitrogen functional groups attached to an aromatic ring is 1. The molecular formula is C21H27N9O. The Morgan fingerprint density at radius 2 is 1.65 bits per heavy atom. The fourth-order valence-electron chi connectivity index (χ4n) is 3.97. The van der Waals surface area contributed by atoms with Crippen LogP contribution in [0.15, 0.2) is 36.5 Å². The predicted octanol–water partition coefficient (Wildman–Crippen LogP) is 2.21. The second-order valence-corrected chi connectivity index (χ2v) is 7.74. The zero-order chi connectivity index (χ0) is 21.0. The number of piperidine rings is 1. The van der Waals surface area contributed by atoms with Crippen molar-refractivity contribution in [3.05, 3.63) is 36.5 Å². The lowest BCUT2D eigenvalue weighted by atomic mass is 10.1. The van der Waals surface area contributed by atoms with Crippen LogP contribution in [0.3, 0.4) is 0 Å². The van der Waals surface area contributed by atoms with Crippen LogP contribution in [0.4, 0.5) is 29.1 Å². The molecule has 0 radical (unpaired) electrons. The molecule has 3 aromatic rings. The Balaban J connectivity index is 1.30. The number of nitrogens with two attached hydrogens (primary N) is 1. The molecule has 2 aliphatic heterocycles.